The molecule has 0 aliphatic carbocycles. The van der Waals surface area contributed by atoms with Gasteiger partial charge in [-0.25, -0.2) is 0 Å². The summed E-state index contributed by atoms with van der Waals surface area (Å²) in [7, 11) is 0. The smallest absolute Gasteiger partial charge is 0.145 e. The molecule has 2 nitrogen and oxygen atoms in total. The molecule has 0 radical (unpaired) electrons. The van der Waals surface area contributed by atoms with Crippen molar-refractivity contribution in [1.82, 2.24) is 0 Å². The minimum absolute atomic E-state index is 0.870. The molecule has 272 valence electrons. The maximum Gasteiger partial charge on any atom is 0.145 e. The average Bonchev–Trinajstić information content (AvgIpc) is 3.70. The van der Waals surface area contributed by atoms with Gasteiger partial charge < -0.3 is 9.32 Å². The number of hydrogen-bond donors (Lipinski definition) is 0. The van der Waals surface area contributed by atoms with E-state index in [1.54, 1.807) is 0 Å². The van der Waals surface area contributed by atoms with Crippen LogP contribution in [0.4, 0.5) is 17.1 Å². The lowest BCUT2D eigenvalue weighted by Gasteiger charge is -2.27. The molecule has 10 aromatic carbocycles. The molecule has 0 unspecified atom stereocenters. The first-order chi connectivity index (χ1) is 28.8. The molecule has 0 aliphatic rings. The molecule has 2 heteroatoms. The maximum atomic E-state index is 6.75. The molecular weight excluding hydrogens is 703 g/mol. The van der Waals surface area contributed by atoms with E-state index in [1.807, 2.05) is 6.07 Å². The molecular formula is C56H37NO. The SMILES string of the molecule is c1ccc(-c2cccc(-c3ccc(N(c4ccc(-c5cc6ccccc6c6ccccc56)cc4)c4ccc(-c5ccccc5)c5oc6ccccc6c45)cc3)c2)cc1. The fourth-order valence-electron chi connectivity index (χ4n) is 8.66. The van der Waals surface area contributed by atoms with Gasteiger partial charge in [0.2, 0.25) is 0 Å². The van der Waals surface area contributed by atoms with Crippen molar-refractivity contribution in [3.63, 3.8) is 0 Å². The number of fused-ring (bicyclic) bond motifs is 6. The van der Waals surface area contributed by atoms with Gasteiger partial charge in [-0.05, 0) is 115 Å². The number of furan rings is 1. The van der Waals surface area contributed by atoms with E-state index < -0.39 is 0 Å². The first kappa shape index (κ1) is 33.6. The first-order valence-electron chi connectivity index (χ1n) is 19.8. The van der Waals surface area contributed by atoms with Gasteiger partial charge in [-0.3, -0.25) is 0 Å². The van der Waals surface area contributed by atoms with Crippen molar-refractivity contribution in [3.8, 4) is 44.5 Å². The predicted octanol–water partition coefficient (Wildman–Crippen LogP) is 16.0. The Morgan fingerprint density at radius 3 is 1.53 bits per heavy atom. The third-order valence-electron chi connectivity index (χ3n) is 11.5. The van der Waals surface area contributed by atoms with E-state index in [2.05, 4.69) is 223 Å². The van der Waals surface area contributed by atoms with Crippen molar-refractivity contribution >= 4 is 60.5 Å². The molecule has 1 heterocycles. The van der Waals surface area contributed by atoms with E-state index >= 15 is 0 Å². The summed E-state index contributed by atoms with van der Waals surface area (Å²) in [6.45, 7) is 0. The number of benzene rings is 10. The van der Waals surface area contributed by atoms with E-state index in [0.717, 1.165) is 50.1 Å². The van der Waals surface area contributed by atoms with Gasteiger partial charge >= 0.3 is 0 Å². The van der Waals surface area contributed by atoms with Gasteiger partial charge in [-0.15, -0.1) is 0 Å². The molecule has 11 aromatic rings. The summed E-state index contributed by atoms with van der Waals surface area (Å²) in [4.78, 5) is 2.38. The van der Waals surface area contributed by atoms with Crippen LogP contribution in [0.3, 0.4) is 0 Å². The lowest BCUT2D eigenvalue weighted by Crippen LogP contribution is -2.10. The van der Waals surface area contributed by atoms with Crippen LogP contribution in [-0.2, 0) is 0 Å². The summed E-state index contributed by atoms with van der Waals surface area (Å²) in [5, 5.41) is 7.20. The van der Waals surface area contributed by atoms with Gasteiger partial charge in [0.05, 0.1) is 11.1 Å². The van der Waals surface area contributed by atoms with Crippen LogP contribution in [0.5, 0.6) is 0 Å². The molecule has 0 saturated heterocycles. The fourth-order valence-corrected chi connectivity index (χ4v) is 8.66. The van der Waals surface area contributed by atoms with Crippen LogP contribution in [0.15, 0.2) is 229 Å². The lowest BCUT2D eigenvalue weighted by molar-refractivity contribution is 0.670. The molecule has 0 amide bonds. The van der Waals surface area contributed by atoms with Crippen LogP contribution in [0.2, 0.25) is 0 Å². The lowest BCUT2D eigenvalue weighted by atomic mass is 9.93. The second-order valence-electron chi connectivity index (χ2n) is 14.9. The van der Waals surface area contributed by atoms with Crippen molar-refractivity contribution in [3.05, 3.63) is 224 Å². The van der Waals surface area contributed by atoms with Crippen LogP contribution in [0.1, 0.15) is 0 Å². The van der Waals surface area contributed by atoms with E-state index in [1.165, 1.54) is 54.9 Å². The minimum atomic E-state index is 0.870. The molecule has 0 N–H and O–H groups in total. The van der Waals surface area contributed by atoms with Gasteiger partial charge in [0, 0.05) is 22.3 Å². The molecule has 0 saturated carbocycles. The van der Waals surface area contributed by atoms with E-state index in [-0.39, 0.29) is 0 Å². The number of para-hydroxylation sites is 1. The molecule has 0 aliphatic heterocycles. The number of rotatable bonds is 7. The van der Waals surface area contributed by atoms with Gasteiger partial charge in [0.1, 0.15) is 11.2 Å². The molecule has 58 heavy (non-hydrogen) atoms. The van der Waals surface area contributed by atoms with Crippen LogP contribution < -0.4 is 4.90 Å². The zero-order valence-electron chi connectivity index (χ0n) is 31.7. The third kappa shape index (κ3) is 5.82. The highest BCUT2D eigenvalue weighted by atomic mass is 16.3. The normalized spacial score (nSPS) is 11.4. The van der Waals surface area contributed by atoms with Gasteiger partial charge in [-0.1, -0.05) is 170 Å². The summed E-state index contributed by atoms with van der Waals surface area (Å²) in [6.07, 6.45) is 0. The molecule has 0 atom stereocenters. The maximum absolute atomic E-state index is 6.75. The molecule has 0 bridgehead atoms. The molecule has 0 fully saturated rings. The van der Waals surface area contributed by atoms with Crippen LogP contribution >= 0.6 is 0 Å². The Balaban J connectivity index is 1.08. The third-order valence-corrected chi connectivity index (χ3v) is 11.5. The predicted molar refractivity (Wildman–Crippen MR) is 245 cm³/mol. The number of anilines is 3. The van der Waals surface area contributed by atoms with Gasteiger partial charge in [0.15, 0.2) is 0 Å². The summed E-state index contributed by atoms with van der Waals surface area (Å²) < 4.78 is 6.75. The Bertz CT molecular complexity index is 3250. The van der Waals surface area contributed by atoms with E-state index in [4.69, 9.17) is 4.42 Å². The van der Waals surface area contributed by atoms with Crippen LogP contribution in [0, 0.1) is 0 Å². The quantitative estimate of drug-likeness (QED) is 0.151. The van der Waals surface area contributed by atoms with Crippen molar-refractivity contribution in [2.45, 2.75) is 0 Å². The molecule has 0 spiro atoms. The van der Waals surface area contributed by atoms with Gasteiger partial charge in [0.25, 0.3) is 0 Å². The topological polar surface area (TPSA) is 16.4 Å². The van der Waals surface area contributed by atoms with Crippen molar-refractivity contribution < 1.29 is 4.42 Å². The van der Waals surface area contributed by atoms with E-state index in [9.17, 15) is 0 Å². The minimum Gasteiger partial charge on any atom is -0.455 e. The summed E-state index contributed by atoms with van der Waals surface area (Å²) in [5.74, 6) is 0. The highest BCUT2D eigenvalue weighted by Gasteiger charge is 2.22. The summed E-state index contributed by atoms with van der Waals surface area (Å²) in [6, 6.07) is 80.5. The number of nitrogens with zero attached hydrogens (tertiary/aromatic N) is 1. The molecule has 11 rings (SSSR count). The second-order valence-corrected chi connectivity index (χ2v) is 14.9. The average molecular weight is 740 g/mol. The monoisotopic (exact) mass is 739 g/mol. The zero-order valence-corrected chi connectivity index (χ0v) is 31.7. The van der Waals surface area contributed by atoms with E-state index in [0.29, 0.717) is 0 Å². The fraction of sp³-hybridized carbons (Fsp3) is 0. The summed E-state index contributed by atoms with van der Waals surface area (Å²) >= 11 is 0. The number of hydrogen-bond acceptors (Lipinski definition) is 2. The highest BCUT2D eigenvalue weighted by molar-refractivity contribution is 6.17. The van der Waals surface area contributed by atoms with Crippen molar-refractivity contribution in [2.24, 2.45) is 0 Å². The second kappa shape index (κ2) is 14.1. The van der Waals surface area contributed by atoms with Crippen LogP contribution in [0.25, 0.3) is 88.0 Å². The molecule has 1 aromatic heterocycles. The van der Waals surface area contributed by atoms with Crippen molar-refractivity contribution in [1.29, 1.82) is 0 Å². The summed E-state index contributed by atoms with van der Waals surface area (Å²) in [5.41, 5.74) is 14.3. The Kier molecular flexibility index (Phi) is 8.19. The van der Waals surface area contributed by atoms with Crippen LogP contribution in [-0.4, -0.2) is 0 Å². The largest absolute Gasteiger partial charge is 0.455 e. The standard InChI is InChI=1S/C56H37NO/c1-3-14-38(15-4-1)42-19-13-20-43(36-42)39-26-30-45(31-27-39)57(53-35-34-48(40-16-5-2-6-17-40)56-55(53)51-24-11-12-25-54(51)58-56)46-32-28-41(29-33-46)52-37-44-18-7-8-21-47(44)49-22-9-10-23-50(49)52/h1-37H. The van der Waals surface area contributed by atoms with Gasteiger partial charge in [-0.2, -0.15) is 0 Å². The Labute approximate surface area is 337 Å². The first-order valence-corrected chi connectivity index (χ1v) is 19.8. The highest BCUT2D eigenvalue weighted by Crippen LogP contribution is 2.47. The Morgan fingerprint density at radius 2 is 0.828 bits per heavy atom. The zero-order chi connectivity index (χ0) is 38.4. The van der Waals surface area contributed by atoms with Crippen molar-refractivity contribution in [2.75, 3.05) is 4.90 Å². The Morgan fingerprint density at radius 1 is 0.310 bits per heavy atom. The Hall–Kier alpha value is -7.68.